The van der Waals surface area contributed by atoms with Crippen molar-refractivity contribution in [1.29, 1.82) is 0 Å². The molecule has 532 valence electrons. The summed E-state index contributed by atoms with van der Waals surface area (Å²) >= 11 is 0. The van der Waals surface area contributed by atoms with Crippen molar-refractivity contribution in [2.75, 3.05) is 52.4 Å². The van der Waals surface area contributed by atoms with Crippen LogP contribution in [0.4, 0.5) is 0 Å². The molecule has 0 aromatic heterocycles. The van der Waals surface area contributed by atoms with Gasteiger partial charge in [-0.3, -0.25) is 72.3 Å². The molecule has 0 saturated heterocycles. The summed E-state index contributed by atoms with van der Waals surface area (Å²) in [5.41, 5.74) is 46.0. The standard InChI is InChI=1S/C60H98N22O14/c1-34(75-57(95)44(29-38-18-8-5-9-19-38)77-48(86)31-71-46(84)30-73-53(91)39(63)28-37-16-6-4-7-17-37)50(88)72-32-47(85)74-35(2)51(89)79-43(23-15-27-70-60(67)68)55(93)81-41(21-11-13-25-62)56(94)82-45(33-83)58(96)76-36(3)52(90)80-42(22-14-26-69-59(65)66)54(92)78-40(49(64)87)20-10-12-24-61/h4-9,16-19,34-36,39-45,83H,10-15,20-33,61-63H2,1-3H3,(H2,64,87)(H,71,84)(H,72,88)(H,73,91)(H,74,85)(H,75,95)(H,76,96)(H,77,86)(H,78,92)(H,79,89)(H,80,90)(H,81,93)(H,82,94)(H4,65,66,69)(H4,67,68,70)/t34-,35-,36-,39-,40-,41-,42-,43-,44-,45-/m0/s1. The van der Waals surface area contributed by atoms with Gasteiger partial charge >= 0.3 is 0 Å². The van der Waals surface area contributed by atoms with Gasteiger partial charge in [0.2, 0.25) is 76.8 Å². The van der Waals surface area contributed by atoms with Crippen molar-refractivity contribution >= 4 is 88.7 Å². The Balaban J connectivity index is 2.12. The van der Waals surface area contributed by atoms with E-state index in [0.717, 1.165) is 5.56 Å². The normalized spacial score (nSPS) is 13.9. The second-order valence-electron chi connectivity index (χ2n) is 22.4. The summed E-state index contributed by atoms with van der Waals surface area (Å²) in [6, 6.07) is 4.35. The van der Waals surface area contributed by atoms with Crippen LogP contribution >= 0.6 is 0 Å². The number of carbonyl (C=O) groups excluding carboxylic acids is 13. The Kier molecular flexibility index (Phi) is 38.7. The number of nitrogens with two attached hydrogens (primary N) is 8. The number of unbranched alkanes of at least 4 members (excludes halogenated alkanes) is 2. The van der Waals surface area contributed by atoms with E-state index in [-0.39, 0.29) is 89.3 Å². The average Bonchev–Trinajstić information content (AvgIpc) is 0.956. The van der Waals surface area contributed by atoms with Crippen LogP contribution in [0.1, 0.15) is 96.1 Å². The number of hydrogen-bond donors (Lipinski definition) is 21. The van der Waals surface area contributed by atoms with E-state index in [2.05, 4.69) is 73.8 Å². The predicted molar refractivity (Wildman–Crippen MR) is 354 cm³/mol. The van der Waals surface area contributed by atoms with Crippen LogP contribution in [0, 0.1) is 0 Å². The first kappa shape index (κ1) is 82.0. The molecule has 36 heteroatoms. The van der Waals surface area contributed by atoms with Crippen molar-refractivity contribution in [2.45, 2.75) is 158 Å². The summed E-state index contributed by atoms with van der Waals surface area (Å²) in [6.45, 7) is 1.64. The Morgan fingerprint density at radius 2 is 0.750 bits per heavy atom. The minimum atomic E-state index is -1.71. The molecular formula is C60H98N22O14. The number of nitrogens with zero attached hydrogens (tertiary/aromatic N) is 2. The zero-order chi connectivity index (χ0) is 71.7. The van der Waals surface area contributed by atoms with Crippen LogP contribution in [0.3, 0.4) is 0 Å². The number of aliphatic hydroxyl groups excluding tert-OH is 1. The molecule has 2 aromatic rings. The third kappa shape index (κ3) is 33.7. The smallest absolute Gasteiger partial charge is 0.245 e. The zero-order valence-electron chi connectivity index (χ0n) is 54.5. The highest BCUT2D eigenvalue weighted by Crippen LogP contribution is 2.10. The molecule has 0 heterocycles. The van der Waals surface area contributed by atoms with Crippen LogP contribution < -0.4 is 110 Å². The van der Waals surface area contributed by atoms with Gasteiger partial charge in [-0.05, 0) is 116 Å². The van der Waals surface area contributed by atoms with Gasteiger partial charge in [0, 0.05) is 19.5 Å². The molecule has 2 rings (SSSR count). The van der Waals surface area contributed by atoms with Crippen molar-refractivity contribution in [3.8, 4) is 0 Å². The maximum absolute atomic E-state index is 14.1. The fourth-order valence-corrected chi connectivity index (χ4v) is 8.93. The minimum Gasteiger partial charge on any atom is -0.394 e. The van der Waals surface area contributed by atoms with E-state index in [1.54, 1.807) is 54.6 Å². The van der Waals surface area contributed by atoms with E-state index < -0.39 is 163 Å². The number of aliphatic imine (C=N–C) groups is 2. The zero-order valence-corrected chi connectivity index (χ0v) is 54.5. The Labute approximate surface area is 556 Å². The molecule has 36 nitrogen and oxygen atoms in total. The van der Waals surface area contributed by atoms with Crippen LogP contribution in [0.15, 0.2) is 70.6 Å². The molecule has 0 aliphatic heterocycles. The average molecular weight is 1350 g/mol. The summed E-state index contributed by atoms with van der Waals surface area (Å²) in [7, 11) is 0. The summed E-state index contributed by atoms with van der Waals surface area (Å²) in [4.78, 5) is 180. The molecule has 0 unspecified atom stereocenters. The second kappa shape index (κ2) is 45.3. The number of nitrogens with one attached hydrogen (secondary N) is 12. The first-order valence-corrected chi connectivity index (χ1v) is 31.4. The maximum atomic E-state index is 14.1. The number of guanidine groups is 2. The monoisotopic (exact) mass is 1350 g/mol. The minimum absolute atomic E-state index is 0.00613. The summed E-state index contributed by atoms with van der Waals surface area (Å²) in [5, 5.41) is 39.8. The molecular weight excluding hydrogens is 1250 g/mol. The van der Waals surface area contributed by atoms with Crippen molar-refractivity contribution < 1.29 is 67.4 Å². The van der Waals surface area contributed by atoms with Gasteiger partial charge in [0.15, 0.2) is 11.9 Å². The van der Waals surface area contributed by atoms with Crippen molar-refractivity contribution in [1.82, 2.24) is 63.8 Å². The van der Waals surface area contributed by atoms with Gasteiger partial charge in [0.25, 0.3) is 0 Å². The topological polar surface area (TPSA) is 619 Å². The van der Waals surface area contributed by atoms with Crippen LogP contribution in [-0.4, -0.2) is 207 Å². The van der Waals surface area contributed by atoms with Crippen LogP contribution in [0.2, 0.25) is 0 Å². The molecule has 96 heavy (non-hydrogen) atoms. The van der Waals surface area contributed by atoms with E-state index in [9.17, 15) is 67.4 Å². The highest BCUT2D eigenvalue weighted by Gasteiger charge is 2.33. The van der Waals surface area contributed by atoms with E-state index in [0.29, 0.717) is 31.4 Å². The van der Waals surface area contributed by atoms with E-state index in [1.165, 1.54) is 20.8 Å². The number of hydrogen-bond acceptors (Lipinski definition) is 19. The number of amides is 13. The molecule has 29 N–H and O–H groups in total. The first-order chi connectivity index (χ1) is 45.6. The molecule has 0 aliphatic rings. The van der Waals surface area contributed by atoms with Crippen molar-refractivity contribution in [2.24, 2.45) is 55.9 Å². The summed E-state index contributed by atoms with van der Waals surface area (Å²) < 4.78 is 0. The molecule has 10 atom stereocenters. The number of benzene rings is 2. The van der Waals surface area contributed by atoms with Crippen molar-refractivity contribution in [3.63, 3.8) is 0 Å². The Morgan fingerprint density at radius 3 is 1.22 bits per heavy atom. The largest absolute Gasteiger partial charge is 0.394 e. The Bertz CT molecular complexity index is 2940. The molecule has 13 amide bonds. The highest BCUT2D eigenvalue weighted by molar-refractivity contribution is 5.99. The van der Waals surface area contributed by atoms with Gasteiger partial charge < -0.3 is 115 Å². The third-order valence-corrected chi connectivity index (χ3v) is 14.3. The Hall–Kier alpha value is -10.1. The van der Waals surface area contributed by atoms with Gasteiger partial charge in [0.05, 0.1) is 32.3 Å². The van der Waals surface area contributed by atoms with E-state index in [1.807, 2.05) is 6.07 Å². The number of carbonyl (C=O) groups is 13. The van der Waals surface area contributed by atoms with Crippen LogP contribution in [-0.2, 0) is 75.2 Å². The SMILES string of the molecule is C[C@H](NC(=O)CNC(=O)[C@H](C)NC(=O)[C@H](Cc1ccccc1)NC(=O)CNC(=O)CNC(=O)[C@@H](N)Cc1ccccc1)C(=O)N[C@@H](CCCN=C(N)N)C(=O)N[C@@H](CCCCN)C(=O)N[C@@H](CO)C(=O)N[C@@H](C)C(=O)N[C@@H](CCCN=C(N)N)C(=O)N[C@@H](CCCCN)C(N)=O. The fraction of sp³-hybridized carbons (Fsp3) is 0.550. The van der Waals surface area contributed by atoms with Crippen LogP contribution in [0.5, 0.6) is 0 Å². The van der Waals surface area contributed by atoms with Crippen LogP contribution in [0.25, 0.3) is 0 Å². The second-order valence-corrected chi connectivity index (χ2v) is 22.4. The summed E-state index contributed by atoms with van der Waals surface area (Å²) in [5.74, 6) is -11.4. The molecule has 0 bridgehead atoms. The fourth-order valence-electron chi connectivity index (χ4n) is 8.93. The number of primary amides is 1. The molecule has 0 radical (unpaired) electrons. The lowest BCUT2D eigenvalue weighted by molar-refractivity contribution is -0.136. The highest BCUT2D eigenvalue weighted by atomic mass is 16.3. The predicted octanol–water partition coefficient (Wildman–Crippen LogP) is -8.59. The van der Waals surface area contributed by atoms with Gasteiger partial charge in [-0.2, -0.15) is 0 Å². The lowest BCUT2D eigenvalue weighted by atomic mass is 10.0. The van der Waals surface area contributed by atoms with Gasteiger partial charge in [-0.25, -0.2) is 0 Å². The maximum Gasteiger partial charge on any atom is 0.245 e. The molecule has 0 aliphatic carbocycles. The Morgan fingerprint density at radius 1 is 0.385 bits per heavy atom. The molecule has 0 saturated carbocycles. The van der Waals surface area contributed by atoms with Crippen molar-refractivity contribution in [3.05, 3.63) is 71.8 Å². The first-order valence-electron chi connectivity index (χ1n) is 31.4. The van der Waals surface area contributed by atoms with Gasteiger partial charge in [-0.15, -0.1) is 0 Å². The lowest BCUT2D eigenvalue weighted by Gasteiger charge is -2.26. The molecule has 2 aromatic carbocycles. The van der Waals surface area contributed by atoms with Gasteiger partial charge in [-0.1, -0.05) is 60.7 Å². The summed E-state index contributed by atoms with van der Waals surface area (Å²) in [6.07, 6.45) is 2.05. The number of aliphatic hydroxyl groups is 1. The lowest BCUT2D eigenvalue weighted by Crippen LogP contribution is -2.60. The molecule has 0 fully saturated rings. The van der Waals surface area contributed by atoms with E-state index in [4.69, 9.17) is 45.9 Å². The third-order valence-electron chi connectivity index (χ3n) is 14.3. The number of rotatable bonds is 46. The molecule has 0 spiro atoms. The van der Waals surface area contributed by atoms with Gasteiger partial charge in [0.1, 0.15) is 54.4 Å². The quantitative estimate of drug-likeness (QED) is 0.0166. The van der Waals surface area contributed by atoms with E-state index >= 15 is 0 Å².